The number of carbonyl (C=O) groups excluding carboxylic acids is 1. The average Bonchev–Trinajstić information content (AvgIpc) is 2.75. The lowest BCUT2D eigenvalue weighted by molar-refractivity contribution is 0.0945. The zero-order valence-corrected chi connectivity index (χ0v) is 15.1. The van der Waals surface area contributed by atoms with Gasteiger partial charge in [-0.25, -0.2) is 4.68 Å². The maximum atomic E-state index is 12.8. The van der Waals surface area contributed by atoms with Crippen molar-refractivity contribution in [3.8, 4) is 0 Å². The molecule has 0 saturated heterocycles. The van der Waals surface area contributed by atoms with E-state index in [0.717, 1.165) is 11.3 Å². The molecule has 1 N–H and O–H groups in total. The number of amides is 1. The van der Waals surface area contributed by atoms with E-state index < -0.39 is 0 Å². The third-order valence-corrected chi connectivity index (χ3v) is 4.41. The number of hydrogen-bond acceptors (Lipinski definition) is 4. The van der Waals surface area contributed by atoms with Gasteiger partial charge in [-0.15, -0.1) is 0 Å². The Morgan fingerprint density at radius 2 is 1.61 bits per heavy atom. The first-order valence-electron chi connectivity index (χ1n) is 8.94. The van der Waals surface area contributed by atoms with E-state index in [1.165, 1.54) is 4.68 Å². The summed E-state index contributed by atoms with van der Waals surface area (Å²) in [4.78, 5) is 29.9. The first-order valence-corrected chi connectivity index (χ1v) is 8.94. The van der Waals surface area contributed by atoms with Gasteiger partial charge in [-0.1, -0.05) is 54.6 Å². The molecule has 6 nitrogen and oxygen atoms in total. The fraction of sp³-hybridized carbons (Fsp3) is 0.0909. The van der Waals surface area contributed by atoms with Gasteiger partial charge >= 0.3 is 0 Å². The quantitative estimate of drug-likeness (QED) is 0.586. The van der Waals surface area contributed by atoms with Gasteiger partial charge in [-0.2, -0.15) is 5.10 Å². The summed E-state index contributed by atoms with van der Waals surface area (Å²) in [5, 5.41) is 8.22. The van der Waals surface area contributed by atoms with Crippen LogP contribution in [0, 0.1) is 0 Å². The van der Waals surface area contributed by atoms with E-state index in [1.807, 2.05) is 48.5 Å². The molecule has 4 aromatic rings. The first-order chi connectivity index (χ1) is 13.7. The van der Waals surface area contributed by atoms with Gasteiger partial charge in [0, 0.05) is 11.6 Å². The second-order valence-corrected chi connectivity index (χ2v) is 6.35. The molecule has 1 amide bonds. The molecule has 0 aliphatic heterocycles. The van der Waals surface area contributed by atoms with Gasteiger partial charge < -0.3 is 5.32 Å². The van der Waals surface area contributed by atoms with Crippen LogP contribution < -0.4 is 10.9 Å². The molecule has 2 heterocycles. The highest BCUT2D eigenvalue weighted by atomic mass is 16.2. The van der Waals surface area contributed by atoms with Crippen molar-refractivity contribution in [3.05, 3.63) is 106 Å². The van der Waals surface area contributed by atoms with E-state index in [1.54, 1.807) is 30.5 Å². The van der Waals surface area contributed by atoms with E-state index >= 15 is 0 Å². The third-order valence-electron chi connectivity index (χ3n) is 4.41. The molecule has 0 bridgehead atoms. The molecular weight excluding hydrogens is 352 g/mol. The van der Waals surface area contributed by atoms with Gasteiger partial charge in [0.15, 0.2) is 5.69 Å². The Morgan fingerprint density at radius 3 is 2.36 bits per heavy atom. The fourth-order valence-electron chi connectivity index (χ4n) is 3.02. The molecule has 0 radical (unpaired) electrons. The Kier molecular flexibility index (Phi) is 4.93. The number of nitrogens with zero attached hydrogens (tertiary/aromatic N) is 3. The van der Waals surface area contributed by atoms with E-state index in [0.29, 0.717) is 17.3 Å². The molecule has 0 atom stereocenters. The summed E-state index contributed by atoms with van der Waals surface area (Å²) < 4.78 is 1.34. The van der Waals surface area contributed by atoms with Gasteiger partial charge in [0.25, 0.3) is 11.5 Å². The first kappa shape index (κ1) is 17.6. The molecule has 2 aromatic carbocycles. The number of hydrogen-bond donors (Lipinski definition) is 1. The predicted molar refractivity (Wildman–Crippen MR) is 107 cm³/mol. The third kappa shape index (κ3) is 3.66. The minimum absolute atomic E-state index is 0.222. The Morgan fingerprint density at radius 1 is 0.893 bits per heavy atom. The van der Waals surface area contributed by atoms with Crippen molar-refractivity contribution in [2.24, 2.45) is 0 Å². The van der Waals surface area contributed by atoms with E-state index in [2.05, 4.69) is 15.4 Å². The van der Waals surface area contributed by atoms with Crippen LogP contribution in [0.25, 0.3) is 10.8 Å². The maximum absolute atomic E-state index is 12.8. The molecule has 0 aliphatic carbocycles. The molecule has 0 fully saturated rings. The van der Waals surface area contributed by atoms with Gasteiger partial charge in [0.2, 0.25) is 0 Å². The van der Waals surface area contributed by atoms with Gasteiger partial charge in [0.05, 0.1) is 24.2 Å². The van der Waals surface area contributed by atoms with Crippen LogP contribution in [0.1, 0.15) is 21.7 Å². The maximum Gasteiger partial charge on any atom is 0.274 e. The minimum atomic E-state index is -0.344. The van der Waals surface area contributed by atoms with Crippen molar-refractivity contribution < 1.29 is 4.79 Å². The number of nitrogens with one attached hydrogen (secondary N) is 1. The van der Waals surface area contributed by atoms with E-state index in [4.69, 9.17) is 0 Å². The summed E-state index contributed by atoms with van der Waals surface area (Å²) >= 11 is 0. The number of benzene rings is 2. The lowest BCUT2D eigenvalue weighted by Crippen LogP contribution is -2.31. The normalized spacial score (nSPS) is 10.7. The Hall–Kier alpha value is -3.80. The summed E-state index contributed by atoms with van der Waals surface area (Å²) in [7, 11) is 0. The highest BCUT2D eigenvalue weighted by molar-refractivity contribution is 6.04. The minimum Gasteiger partial charge on any atom is -0.345 e. The highest BCUT2D eigenvalue weighted by Crippen LogP contribution is 2.14. The van der Waals surface area contributed by atoms with E-state index in [9.17, 15) is 9.59 Å². The zero-order valence-electron chi connectivity index (χ0n) is 15.1. The monoisotopic (exact) mass is 370 g/mol. The van der Waals surface area contributed by atoms with Crippen molar-refractivity contribution in [1.82, 2.24) is 20.1 Å². The number of carbonyl (C=O) groups is 1. The van der Waals surface area contributed by atoms with Crippen LogP contribution >= 0.6 is 0 Å². The molecule has 4 rings (SSSR count). The molecule has 0 spiro atoms. The van der Waals surface area contributed by atoms with Crippen LogP contribution in [-0.4, -0.2) is 20.7 Å². The Balaban J connectivity index is 1.71. The second kappa shape index (κ2) is 7.84. The van der Waals surface area contributed by atoms with Gasteiger partial charge in [-0.3, -0.25) is 14.6 Å². The molecule has 0 saturated carbocycles. The average molecular weight is 370 g/mol. The Labute approximate surface area is 161 Å². The standard InChI is InChI=1S/C22H18N4O2/c27-21(24-14-17-10-6-7-13-23-17)20-18-11-4-5-12-19(18)22(28)26(25-20)15-16-8-2-1-3-9-16/h1-13H,14-15H2,(H,24,27). The van der Waals surface area contributed by atoms with Crippen molar-refractivity contribution in [2.75, 3.05) is 0 Å². The molecule has 0 aliphatic rings. The number of fused-ring (bicyclic) bond motifs is 1. The molecule has 6 heteroatoms. The van der Waals surface area contributed by atoms with Crippen LogP contribution in [-0.2, 0) is 13.1 Å². The summed E-state index contributed by atoms with van der Waals surface area (Å²) in [6.45, 7) is 0.582. The molecule has 2 aromatic heterocycles. The molecule has 28 heavy (non-hydrogen) atoms. The van der Waals surface area contributed by atoms with Crippen LogP contribution in [0.3, 0.4) is 0 Å². The SMILES string of the molecule is O=C(NCc1ccccn1)c1nn(Cc2ccccc2)c(=O)c2ccccc12. The van der Waals surface area contributed by atoms with Crippen molar-refractivity contribution in [1.29, 1.82) is 0 Å². The summed E-state index contributed by atoms with van der Waals surface area (Å²) in [6.07, 6.45) is 1.68. The second-order valence-electron chi connectivity index (χ2n) is 6.35. The molecule has 0 unspecified atom stereocenters. The topological polar surface area (TPSA) is 76.9 Å². The highest BCUT2D eigenvalue weighted by Gasteiger charge is 2.16. The van der Waals surface area contributed by atoms with Crippen LogP contribution in [0.2, 0.25) is 0 Å². The summed E-state index contributed by atoms with van der Waals surface area (Å²) in [6, 6.07) is 22.1. The summed E-state index contributed by atoms with van der Waals surface area (Å²) in [5.74, 6) is -0.344. The molecular formula is C22H18N4O2. The lowest BCUT2D eigenvalue weighted by Gasteiger charge is -2.11. The van der Waals surface area contributed by atoms with E-state index in [-0.39, 0.29) is 23.7 Å². The number of pyridine rings is 1. The Bertz CT molecular complexity index is 1170. The number of aromatic nitrogens is 3. The van der Waals surface area contributed by atoms with Crippen LogP contribution in [0.5, 0.6) is 0 Å². The van der Waals surface area contributed by atoms with Gasteiger partial charge in [-0.05, 0) is 23.8 Å². The van der Waals surface area contributed by atoms with Crippen LogP contribution in [0.4, 0.5) is 0 Å². The molecule has 138 valence electrons. The lowest BCUT2D eigenvalue weighted by atomic mass is 10.1. The van der Waals surface area contributed by atoms with Crippen molar-refractivity contribution >= 4 is 16.7 Å². The number of rotatable bonds is 5. The smallest absolute Gasteiger partial charge is 0.274 e. The van der Waals surface area contributed by atoms with Crippen LogP contribution in [0.15, 0.2) is 83.8 Å². The summed E-state index contributed by atoms with van der Waals surface area (Å²) in [5.41, 5.74) is 1.69. The largest absolute Gasteiger partial charge is 0.345 e. The van der Waals surface area contributed by atoms with Crippen molar-refractivity contribution in [3.63, 3.8) is 0 Å². The fourth-order valence-corrected chi connectivity index (χ4v) is 3.02. The zero-order chi connectivity index (χ0) is 19.3. The van der Waals surface area contributed by atoms with Crippen molar-refractivity contribution in [2.45, 2.75) is 13.1 Å². The van der Waals surface area contributed by atoms with Gasteiger partial charge in [0.1, 0.15) is 0 Å². The predicted octanol–water partition coefficient (Wildman–Crippen LogP) is 2.77.